The number of carbonyl (C=O) groups is 1. The van der Waals surface area contributed by atoms with E-state index >= 15 is 0 Å². The smallest absolute Gasteiger partial charge is 0.409 e. The third-order valence-corrected chi connectivity index (χ3v) is 5.11. The number of ether oxygens (including phenoxy) is 1. The van der Waals surface area contributed by atoms with Crippen LogP contribution in [0.15, 0.2) is 39.9 Å². The Morgan fingerprint density at radius 2 is 2.18 bits per heavy atom. The fourth-order valence-corrected chi connectivity index (χ4v) is 3.69. The van der Waals surface area contributed by atoms with Gasteiger partial charge in [-0.1, -0.05) is 19.0 Å². The van der Waals surface area contributed by atoms with Crippen molar-refractivity contribution in [2.45, 2.75) is 32.6 Å². The molecule has 1 unspecified atom stereocenters. The summed E-state index contributed by atoms with van der Waals surface area (Å²) in [5.74, 6) is 1.84. The first-order valence-corrected chi connectivity index (χ1v) is 9.63. The number of nitrogens with zero attached hydrogens (tertiary/aromatic N) is 4. The maximum Gasteiger partial charge on any atom is 0.409 e. The van der Waals surface area contributed by atoms with Crippen LogP contribution in [0.3, 0.4) is 0 Å². The molecule has 3 aromatic rings. The van der Waals surface area contributed by atoms with E-state index in [-0.39, 0.29) is 17.9 Å². The van der Waals surface area contributed by atoms with Gasteiger partial charge in [0.15, 0.2) is 5.82 Å². The molecule has 1 saturated heterocycles. The lowest BCUT2D eigenvalue weighted by molar-refractivity contribution is 0.0768. The van der Waals surface area contributed by atoms with Crippen molar-refractivity contribution < 1.29 is 18.5 Å². The molecule has 1 atom stereocenters. The van der Waals surface area contributed by atoms with Gasteiger partial charge < -0.3 is 18.6 Å². The minimum absolute atomic E-state index is 0.125. The number of fused-ring (bicyclic) bond motifs is 1. The van der Waals surface area contributed by atoms with Crippen molar-refractivity contribution in [1.82, 2.24) is 20.0 Å². The number of carbonyl (C=O) groups excluding carboxylic acids is 1. The minimum atomic E-state index is -0.238. The standard InChI is InChI=1S/C20H24N4O4/c1-13(2)11-26-20(25)24-7-4-14(5-8-24)18(19-22-12-27-23-19)17-9-15-10-21-6-3-16(15)28-17/h3,6,9-10,12-14,18H,4-5,7-8,11H2,1-2H3. The van der Waals surface area contributed by atoms with Crippen LogP contribution >= 0.6 is 0 Å². The second kappa shape index (κ2) is 8.00. The molecular formula is C20H24N4O4. The van der Waals surface area contributed by atoms with Crippen LogP contribution in [0.1, 0.15) is 44.2 Å². The number of likely N-dealkylation sites (tertiary alicyclic amines) is 1. The van der Waals surface area contributed by atoms with Gasteiger partial charge in [-0.05, 0) is 36.8 Å². The lowest BCUT2D eigenvalue weighted by Gasteiger charge is -2.34. The molecule has 0 spiro atoms. The predicted octanol–water partition coefficient (Wildman–Crippen LogP) is 3.85. The molecular weight excluding hydrogens is 360 g/mol. The van der Waals surface area contributed by atoms with Crippen LogP contribution in [-0.4, -0.2) is 45.8 Å². The van der Waals surface area contributed by atoms with Gasteiger partial charge in [0, 0.05) is 30.9 Å². The number of aromatic nitrogens is 3. The maximum atomic E-state index is 12.2. The molecule has 28 heavy (non-hydrogen) atoms. The number of piperidine rings is 1. The van der Waals surface area contributed by atoms with Crippen LogP contribution in [0.25, 0.3) is 11.0 Å². The van der Waals surface area contributed by atoms with E-state index in [2.05, 4.69) is 15.1 Å². The Kier molecular flexibility index (Phi) is 5.27. The van der Waals surface area contributed by atoms with Gasteiger partial charge in [0.05, 0.1) is 12.5 Å². The number of amides is 1. The SMILES string of the molecule is CC(C)COC(=O)N1CCC(C(c2ncon2)c2cc3cnccc3o2)CC1. The van der Waals surface area contributed by atoms with Crippen molar-refractivity contribution in [3.05, 3.63) is 42.5 Å². The highest BCUT2D eigenvalue weighted by Crippen LogP contribution is 2.38. The van der Waals surface area contributed by atoms with Gasteiger partial charge in [0.1, 0.15) is 11.3 Å². The molecule has 0 saturated carbocycles. The molecule has 1 aliphatic heterocycles. The zero-order valence-corrected chi connectivity index (χ0v) is 16.1. The minimum Gasteiger partial charge on any atom is -0.460 e. The van der Waals surface area contributed by atoms with E-state index in [4.69, 9.17) is 13.7 Å². The molecule has 0 radical (unpaired) electrons. The van der Waals surface area contributed by atoms with Gasteiger partial charge in [-0.3, -0.25) is 4.98 Å². The normalized spacial score (nSPS) is 16.6. The first kappa shape index (κ1) is 18.5. The van der Waals surface area contributed by atoms with Crippen molar-refractivity contribution in [1.29, 1.82) is 0 Å². The highest BCUT2D eigenvalue weighted by atomic mass is 16.6. The van der Waals surface area contributed by atoms with E-state index < -0.39 is 0 Å². The van der Waals surface area contributed by atoms with E-state index in [9.17, 15) is 4.79 Å². The molecule has 0 aromatic carbocycles. The van der Waals surface area contributed by atoms with E-state index in [1.165, 1.54) is 6.39 Å². The largest absolute Gasteiger partial charge is 0.460 e. The predicted molar refractivity (Wildman–Crippen MR) is 101 cm³/mol. The van der Waals surface area contributed by atoms with Crippen LogP contribution < -0.4 is 0 Å². The summed E-state index contributed by atoms with van der Waals surface area (Å²) in [6.45, 7) is 5.77. The third-order valence-electron chi connectivity index (χ3n) is 5.11. The van der Waals surface area contributed by atoms with Gasteiger partial charge in [0.2, 0.25) is 6.39 Å². The number of hydrogen-bond donors (Lipinski definition) is 0. The van der Waals surface area contributed by atoms with Gasteiger partial charge in [-0.2, -0.15) is 4.98 Å². The van der Waals surface area contributed by atoms with Crippen molar-refractivity contribution >= 4 is 17.1 Å². The molecule has 148 valence electrons. The fourth-order valence-electron chi connectivity index (χ4n) is 3.69. The summed E-state index contributed by atoms with van der Waals surface area (Å²) in [6, 6.07) is 3.84. The Hall–Kier alpha value is -2.90. The summed E-state index contributed by atoms with van der Waals surface area (Å²) in [5.41, 5.74) is 0.785. The fraction of sp³-hybridized carbons (Fsp3) is 0.500. The second-order valence-corrected chi connectivity index (χ2v) is 7.62. The molecule has 0 aliphatic carbocycles. The first-order valence-electron chi connectivity index (χ1n) is 9.63. The average molecular weight is 384 g/mol. The molecule has 1 aliphatic rings. The molecule has 0 N–H and O–H groups in total. The monoisotopic (exact) mass is 384 g/mol. The second-order valence-electron chi connectivity index (χ2n) is 7.62. The van der Waals surface area contributed by atoms with Crippen molar-refractivity contribution in [3.8, 4) is 0 Å². The van der Waals surface area contributed by atoms with Gasteiger partial charge in [0.25, 0.3) is 0 Å². The van der Waals surface area contributed by atoms with Crippen LogP contribution in [0.2, 0.25) is 0 Å². The van der Waals surface area contributed by atoms with Crippen LogP contribution in [0, 0.1) is 11.8 Å². The van der Waals surface area contributed by atoms with Gasteiger partial charge >= 0.3 is 6.09 Å². The number of furan rings is 1. The quantitative estimate of drug-likeness (QED) is 0.659. The summed E-state index contributed by atoms with van der Waals surface area (Å²) in [6.07, 6.45) is 6.21. The van der Waals surface area contributed by atoms with E-state index in [1.54, 1.807) is 17.3 Å². The summed E-state index contributed by atoms with van der Waals surface area (Å²) in [4.78, 5) is 22.4. The van der Waals surface area contributed by atoms with E-state index in [1.807, 2.05) is 26.0 Å². The zero-order valence-electron chi connectivity index (χ0n) is 16.1. The topological polar surface area (TPSA) is 94.5 Å². The molecule has 0 bridgehead atoms. The lowest BCUT2D eigenvalue weighted by atomic mass is 9.82. The van der Waals surface area contributed by atoms with Crippen molar-refractivity contribution in [2.24, 2.45) is 11.8 Å². The van der Waals surface area contributed by atoms with Crippen LogP contribution in [-0.2, 0) is 4.74 Å². The highest BCUT2D eigenvalue weighted by Gasteiger charge is 2.35. The lowest BCUT2D eigenvalue weighted by Crippen LogP contribution is -2.40. The van der Waals surface area contributed by atoms with Crippen LogP contribution in [0.5, 0.6) is 0 Å². The molecule has 8 nitrogen and oxygen atoms in total. The van der Waals surface area contributed by atoms with E-state index in [0.29, 0.717) is 31.4 Å². The summed E-state index contributed by atoms with van der Waals surface area (Å²) in [5, 5.41) is 5.02. The van der Waals surface area contributed by atoms with Gasteiger partial charge in [-0.15, -0.1) is 0 Å². The summed E-state index contributed by atoms with van der Waals surface area (Å²) < 4.78 is 16.4. The zero-order chi connectivity index (χ0) is 19.5. The van der Waals surface area contributed by atoms with E-state index in [0.717, 1.165) is 29.6 Å². The van der Waals surface area contributed by atoms with Crippen LogP contribution in [0.4, 0.5) is 4.79 Å². The Morgan fingerprint density at radius 3 is 2.86 bits per heavy atom. The first-order chi connectivity index (χ1) is 13.6. The molecule has 1 amide bonds. The number of hydrogen-bond acceptors (Lipinski definition) is 7. The Balaban J connectivity index is 1.50. The Morgan fingerprint density at radius 1 is 1.36 bits per heavy atom. The molecule has 3 aromatic heterocycles. The Bertz CT molecular complexity index is 880. The van der Waals surface area contributed by atoms with Crippen molar-refractivity contribution in [2.75, 3.05) is 19.7 Å². The average Bonchev–Trinajstić information content (AvgIpc) is 3.37. The molecule has 4 heterocycles. The molecule has 8 heteroatoms. The number of rotatable bonds is 5. The van der Waals surface area contributed by atoms with Crippen molar-refractivity contribution in [3.63, 3.8) is 0 Å². The molecule has 4 rings (SSSR count). The highest BCUT2D eigenvalue weighted by molar-refractivity contribution is 5.76. The number of pyridine rings is 1. The maximum absolute atomic E-state index is 12.2. The third kappa shape index (κ3) is 3.85. The summed E-state index contributed by atoms with van der Waals surface area (Å²) >= 11 is 0. The Labute approximate surface area is 162 Å². The summed E-state index contributed by atoms with van der Waals surface area (Å²) in [7, 11) is 0. The van der Waals surface area contributed by atoms with Gasteiger partial charge in [-0.25, -0.2) is 4.79 Å². The molecule has 1 fully saturated rings.